The van der Waals surface area contributed by atoms with E-state index in [0.717, 1.165) is 9.99 Å². The van der Waals surface area contributed by atoms with E-state index in [1.807, 2.05) is 25.1 Å². The summed E-state index contributed by atoms with van der Waals surface area (Å²) in [6.07, 6.45) is 0. The summed E-state index contributed by atoms with van der Waals surface area (Å²) in [5.74, 6) is -0.348. The number of carbonyl (C=O) groups is 1. The molecule has 0 aliphatic heterocycles. The molecule has 1 N–H and O–H groups in total. The summed E-state index contributed by atoms with van der Waals surface area (Å²) in [4.78, 5) is 14.5. The fourth-order valence-corrected chi connectivity index (χ4v) is 3.26. The first-order chi connectivity index (χ1) is 11.6. The number of carbonyl (C=O) groups excluding carboxylic acids is 1. The number of hydrogen-bond donors (Lipinski definition) is 1. The molecule has 0 unspecified atom stereocenters. The number of benzene rings is 2. The van der Waals surface area contributed by atoms with Crippen LogP contribution < -0.4 is 10.2 Å². The highest BCUT2D eigenvalue weighted by molar-refractivity contribution is 7.89. The molecule has 0 fully saturated rings. The average Bonchev–Trinajstić information content (AvgIpc) is 2.54. The van der Waals surface area contributed by atoms with Gasteiger partial charge in [-0.25, -0.2) is 12.7 Å². The summed E-state index contributed by atoms with van der Waals surface area (Å²) < 4.78 is 25.3. The Hall–Kier alpha value is -2.09. The maximum atomic E-state index is 12.5. The first kappa shape index (κ1) is 19.2. The van der Waals surface area contributed by atoms with Gasteiger partial charge in [-0.3, -0.25) is 4.79 Å². The minimum absolute atomic E-state index is 0.130. The summed E-state index contributed by atoms with van der Waals surface area (Å²) in [6.45, 7) is 0. The summed E-state index contributed by atoms with van der Waals surface area (Å²) >= 11 is 6.01. The van der Waals surface area contributed by atoms with Gasteiger partial charge in [-0.05, 0) is 42.5 Å². The molecule has 2 rings (SSSR count). The van der Waals surface area contributed by atoms with Crippen LogP contribution >= 0.6 is 11.6 Å². The van der Waals surface area contributed by atoms with Crippen LogP contribution in [0.4, 0.5) is 11.4 Å². The Labute approximate surface area is 153 Å². The van der Waals surface area contributed by atoms with E-state index in [0.29, 0.717) is 16.3 Å². The molecule has 0 aliphatic rings. The van der Waals surface area contributed by atoms with Crippen molar-refractivity contribution < 1.29 is 13.2 Å². The van der Waals surface area contributed by atoms with Crippen LogP contribution in [0.1, 0.15) is 10.4 Å². The second-order valence-electron chi connectivity index (χ2n) is 5.82. The van der Waals surface area contributed by atoms with E-state index < -0.39 is 10.0 Å². The van der Waals surface area contributed by atoms with E-state index in [1.165, 1.54) is 38.4 Å². The Kier molecular flexibility index (Phi) is 5.72. The molecule has 2 aromatic rings. The first-order valence-electron chi connectivity index (χ1n) is 7.44. The molecule has 0 aliphatic carbocycles. The molecule has 2 aromatic carbocycles. The SMILES string of the molecule is CN(C)c1ccc(Cl)cc1NC(=O)c1ccc(S(=O)(=O)N(C)C)cc1. The van der Waals surface area contributed by atoms with Gasteiger partial charge in [0.25, 0.3) is 5.91 Å². The van der Waals surface area contributed by atoms with Crippen molar-refractivity contribution in [1.29, 1.82) is 0 Å². The van der Waals surface area contributed by atoms with Gasteiger partial charge in [-0.15, -0.1) is 0 Å². The van der Waals surface area contributed by atoms with Crippen molar-refractivity contribution in [2.45, 2.75) is 4.90 Å². The molecule has 0 heterocycles. The van der Waals surface area contributed by atoms with Gasteiger partial charge >= 0.3 is 0 Å². The number of rotatable bonds is 5. The van der Waals surface area contributed by atoms with Crippen molar-refractivity contribution in [3.05, 3.63) is 53.1 Å². The summed E-state index contributed by atoms with van der Waals surface area (Å²) in [5, 5.41) is 3.31. The lowest BCUT2D eigenvalue weighted by Gasteiger charge is -2.18. The van der Waals surface area contributed by atoms with Gasteiger partial charge in [0.05, 0.1) is 16.3 Å². The lowest BCUT2D eigenvalue weighted by Crippen LogP contribution is -2.22. The third kappa shape index (κ3) is 4.31. The summed E-state index contributed by atoms with van der Waals surface area (Å²) in [6, 6.07) is 11.0. The molecule has 0 aromatic heterocycles. The molecule has 0 radical (unpaired) electrons. The monoisotopic (exact) mass is 381 g/mol. The van der Waals surface area contributed by atoms with Crippen LogP contribution in [0.15, 0.2) is 47.4 Å². The largest absolute Gasteiger partial charge is 0.376 e. The molecular weight excluding hydrogens is 362 g/mol. The van der Waals surface area contributed by atoms with Crippen molar-refractivity contribution in [3.63, 3.8) is 0 Å². The minimum Gasteiger partial charge on any atom is -0.376 e. The number of nitrogens with one attached hydrogen (secondary N) is 1. The van der Waals surface area contributed by atoms with Gasteiger partial charge in [0.15, 0.2) is 0 Å². The van der Waals surface area contributed by atoms with Crippen LogP contribution in [0.25, 0.3) is 0 Å². The van der Waals surface area contributed by atoms with E-state index in [1.54, 1.807) is 12.1 Å². The van der Waals surface area contributed by atoms with Crippen LogP contribution in [-0.4, -0.2) is 46.8 Å². The molecular formula is C17H20ClN3O3S. The van der Waals surface area contributed by atoms with Gasteiger partial charge < -0.3 is 10.2 Å². The van der Waals surface area contributed by atoms with E-state index >= 15 is 0 Å². The second-order valence-corrected chi connectivity index (χ2v) is 8.41. The quantitative estimate of drug-likeness (QED) is 0.864. The highest BCUT2D eigenvalue weighted by atomic mass is 35.5. The number of halogens is 1. The number of amides is 1. The van der Waals surface area contributed by atoms with Crippen molar-refractivity contribution >= 4 is 38.9 Å². The Bertz CT molecular complexity index is 879. The average molecular weight is 382 g/mol. The molecule has 1 amide bonds. The highest BCUT2D eigenvalue weighted by Crippen LogP contribution is 2.28. The topological polar surface area (TPSA) is 69.7 Å². The fraction of sp³-hybridized carbons (Fsp3) is 0.235. The highest BCUT2D eigenvalue weighted by Gasteiger charge is 2.18. The zero-order valence-electron chi connectivity index (χ0n) is 14.4. The Morgan fingerprint density at radius 1 is 1.00 bits per heavy atom. The minimum atomic E-state index is -3.52. The molecule has 0 atom stereocenters. The van der Waals surface area contributed by atoms with Crippen molar-refractivity contribution in [3.8, 4) is 0 Å². The number of nitrogens with zero attached hydrogens (tertiary/aromatic N) is 2. The molecule has 0 saturated heterocycles. The zero-order valence-corrected chi connectivity index (χ0v) is 16.0. The number of sulfonamides is 1. The van der Waals surface area contributed by atoms with Gasteiger partial charge in [-0.1, -0.05) is 11.6 Å². The first-order valence-corrected chi connectivity index (χ1v) is 9.25. The molecule has 6 nitrogen and oxygen atoms in total. The molecule has 25 heavy (non-hydrogen) atoms. The maximum absolute atomic E-state index is 12.5. The van der Waals surface area contributed by atoms with Crippen molar-refractivity contribution in [2.24, 2.45) is 0 Å². The van der Waals surface area contributed by atoms with Crippen LogP contribution in [0.5, 0.6) is 0 Å². The van der Waals surface area contributed by atoms with Crippen molar-refractivity contribution in [1.82, 2.24) is 4.31 Å². The van der Waals surface area contributed by atoms with Gasteiger partial charge in [0, 0.05) is 38.8 Å². The zero-order chi connectivity index (χ0) is 18.8. The molecule has 8 heteroatoms. The van der Waals surface area contributed by atoms with Crippen LogP contribution in [0.3, 0.4) is 0 Å². The van der Waals surface area contributed by atoms with Crippen LogP contribution in [-0.2, 0) is 10.0 Å². The third-order valence-corrected chi connectivity index (χ3v) is 5.65. The molecule has 0 saturated carbocycles. The predicted octanol–water partition coefficient (Wildman–Crippen LogP) is 2.91. The standard InChI is InChI=1S/C17H20ClN3O3S/c1-20(2)16-10-7-13(18)11-15(16)19-17(22)12-5-8-14(9-6-12)25(23,24)21(3)4/h5-11H,1-4H3,(H,19,22). The maximum Gasteiger partial charge on any atom is 0.255 e. The number of hydrogen-bond acceptors (Lipinski definition) is 4. The lowest BCUT2D eigenvalue weighted by atomic mass is 10.2. The summed E-state index contributed by atoms with van der Waals surface area (Å²) in [7, 11) is 3.11. The van der Waals surface area contributed by atoms with Gasteiger partial charge in [0.1, 0.15) is 0 Å². The Balaban J connectivity index is 2.27. The fourth-order valence-electron chi connectivity index (χ4n) is 2.18. The van der Waals surface area contributed by atoms with Gasteiger partial charge in [-0.2, -0.15) is 0 Å². The lowest BCUT2D eigenvalue weighted by molar-refractivity contribution is 0.102. The predicted molar refractivity (Wildman–Crippen MR) is 101 cm³/mol. The van der Waals surface area contributed by atoms with E-state index in [-0.39, 0.29) is 10.8 Å². The normalized spacial score (nSPS) is 11.4. The Morgan fingerprint density at radius 2 is 1.60 bits per heavy atom. The molecule has 134 valence electrons. The third-order valence-electron chi connectivity index (χ3n) is 3.58. The van der Waals surface area contributed by atoms with E-state index in [9.17, 15) is 13.2 Å². The van der Waals surface area contributed by atoms with Crippen LogP contribution in [0, 0.1) is 0 Å². The molecule has 0 spiro atoms. The van der Waals surface area contributed by atoms with E-state index in [4.69, 9.17) is 11.6 Å². The van der Waals surface area contributed by atoms with Crippen LogP contribution in [0.2, 0.25) is 5.02 Å². The number of anilines is 2. The molecule has 0 bridgehead atoms. The van der Waals surface area contributed by atoms with Gasteiger partial charge in [0.2, 0.25) is 10.0 Å². The summed E-state index contributed by atoms with van der Waals surface area (Å²) in [5.41, 5.74) is 1.74. The Morgan fingerprint density at radius 3 is 2.12 bits per heavy atom. The van der Waals surface area contributed by atoms with Crippen molar-refractivity contribution in [2.75, 3.05) is 38.4 Å². The second kappa shape index (κ2) is 7.43. The van der Waals surface area contributed by atoms with E-state index in [2.05, 4.69) is 5.32 Å². The smallest absolute Gasteiger partial charge is 0.255 e.